The molecular formula is C19H28N2OS. The quantitative estimate of drug-likeness (QED) is 0.576. The van der Waals surface area contributed by atoms with E-state index in [0.29, 0.717) is 6.42 Å². The van der Waals surface area contributed by atoms with Crippen LogP contribution in [0.1, 0.15) is 51.0 Å². The van der Waals surface area contributed by atoms with E-state index < -0.39 is 0 Å². The van der Waals surface area contributed by atoms with Crippen molar-refractivity contribution in [2.45, 2.75) is 51.2 Å². The fourth-order valence-corrected chi connectivity index (χ4v) is 3.58. The Labute approximate surface area is 143 Å². The molecule has 0 spiro atoms. The highest BCUT2D eigenvalue weighted by molar-refractivity contribution is 7.98. The summed E-state index contributed by atoms with van der Waals surface area (Å²) in [7, 11) is 0. The lowest BCUT2D eigenvalue weighted by molar-refractivity contribution is -0.120. The molecule has 0 radical (unpaired) electrons. The molecule has 2 aromatic rings. The van der Waals surface area contributed by atoms with Crippen molar-refractivity contribution < 1.29 is 4.79 Å². The summed E-state index contributed by atoms with van der Waals surface area (Å²) in [6, 6.07) is 8.35. The van der Waals surface area contributed by atoms with Crippen molar-refractivity contribution in [3.63, 3.8) is 0 Å². The molecule has 0 unspecified atom stereocenters. The summed E-state index contributed by atoms with van der Waals surface area (Å²) in [6.07, 6.45) is 8.87. The minimum Gasteiger partial charge on any atom is -0.361 e. The first kappa shape index (κ1) is 17.9. The van der Waals surface area contributed by atoms with Gasteiger partial charge in [0.05, 0.1) is 0 Å². The normalized spacial score (nSPS) is 11.0. The summed E-state index contributed by atoms with van der Waals surface area (Å²) < 4.78 is 0. The predicted molar refractivity (Wildman–Crippen MR) is 101 cm³/mol. The fraction of sp³-hybridized carbons (Fsp3) is 0.526. The number of fused-ring (bicyclic) bond motifs is 1. The number of aromatic nitrogens is 1. The molecule has 23 heavy (non-hydrogen) atoms. The van der Waals surface area contributed by atoms with Crippen LogP contribution in [0.25, 0.3) is 10.9 Å². The van der Waals surface area contributed by atoms with Crippen LogP contribution in [0.3, 0.4) is 0 Å². The Morgan fingerprint density at radius 3 is 2.87 bits per heavy atom. The molecule has 0 aliphatic carbocycles. The summed E-state index contributed by atoms with van der Waals surface area (Å²) in [6.45, 7) is 3.05. The minimum absolute atomic E-state index is 0.187. The third kappa shape index (κ3) is 6.30. The van der Waals surface area contributed by atoms with Crippen LogP contribution >= 0.6 is 11.8 Å². The van der Waals surface area contributed by atoms with E-state index in [0.717, 1.165) is 24.5 Å². The largest absolute Gasteiger partial charge is 0.361 e. The van der Waals surface area contributed by atoms with E-state index in [4.69, 9.17) is 0 Å². The number of aromatic amines is 1. The van der Waals surface area contributed by atoms with Gasteiger partial charge in [-0.3, -0.25) is 4.79 Å². The first-order valence-corrected chi connectivity index (χ1v) is 9.86. The topological polar surface area (TPSA) is 44.9 Å². The molecule has 0 saturated carbocycles. The van der Waals surface area contributed by atoms with Crippen molar-refractivity contribution >= 4 is 28.6 Å². The summed E-state index contributed by atoms with van der Waals surface area (Å²) >= 11 is 1.82. The molecule has 1 heterocycles. The van der Waals surface area contributed by atoms with Gasteiger partial charge >= 0.3 is 0 Å². The van der Waals surface area contributed by atoms with Crippen LogP contribution in [0, 0.1) is 0 Å². The van der Waals surface area contributed by atoms with E-state index in [9.17, 15) is 4.79 Å². The van der Waals surface area contributed by atoms with Crippen LogP contribution in [0.2, 0.25) is 0 Å². The van der Waals surface area contributed by atoms with Crippen molar-refractivity contribution in [3.05, 3.63) is 36.0 Å². The summed E-state index contributed by atoms with van der Waals surface area (Å²) in [5.41, 5.74) is 2.51. The number of hydrogen-bond donors (Lipinski definition) is 2. The van der Waals surface area contributed by atoms with Crippen LogP contribution in [-0.2, 0) is 10.5 Å². The summed E-state index contributed by atoms with van der Waals surface area (Å²) in [4.78, 5) is 15.1. The number of carbonyl (C=O) groups excluding carboxylic acids is 1. The maximum absolute atomic E-state index is 11.8. The Balaban J connectivity index is 1.55. The number of benzene rings is 1. The Morgan fingerprint density at radius 2 is 2.00 bits per heavy atom. The minimum atomic E-state index is 0.187. The van der Waals surface area contributed by atoms with E-state index in [1.165, 1.54) is 42.1 Å². The van der Waals surface area contributed by atoms with Crippen LogP contribution in [-0.4, -0.2) is 23.2 Å². The average Bonchev–Trinajstić information content (AvgIpc) is 2.98. The molecule has 2 N–H and O–H groups in total. The van der Waals surface area contributed by atoms with Crippen molar-refractivity contribution in [2.24, 2.45) is 0 Å². The lowest BCUT2D eigenvalue weighted by Gasteiger charge is -2.05. The molecule has 0 bridgehead atoms. The zero-order valence-corrected chi connectivity index (χ0v) is 14.9. The van der Waals surface area contributed by atoms with Crippen molar-refractivity contribution in [2.75, 3.05) is 12.3 Å². The molecule has 1 aromatic heterocycles. The van der Waals surface area contributed by atoms with Gasteiger partial charge in [-0.25, -0.2) is 0 Å². The van der Waals surface area contributed by atoms with Gasteiger partial charge < -0.3 is 10.3 Å². The number of unbranched alkanes of at least 4 members (excludes halogenated alkanes) is 4. The molecule has 0 fully saturated rings. The molecule has 0 saturated heterocycles. The number of hydrogen-bond acceptors (Lipinski definition) is 2. The van der Waals surface area contributed by atoms with Crippen LogP contribution in [0.5, 0.6) is 0 Å². The highest BCUT2D eigenvalue weighted by Gasteiger charge is 2.04. The van der Waals surface area contributed by atoms with E-state index in [1.807, 2.05) is 17.8 Å². The number of para-hydroxylation sites is 1. The monoisotopic (exact) mass is 332 g/mol. The SMILES string of the molecule is CCCCCCCNC(=O)CCSCc1c[nH]c2ccccc12. The standard InChI is InChI=1S/C19H28N2OS/c1-2-3-4-5-8-12-20-19(22)11-13-23-15-16-14-21-18-10-7-6-9-17(16)18/h6-7,9-10,14,21H,2-5,8,11-13,15H2,1H3,(H,20,22). The smallest absolute Gasteiger partial charge is 0.220 e. The third-order valence-corrected chi connectivity index (χ3v) is 5.02. The van der Waals surface area contributed by atoms with Crippen molar-refractivity contribution in [1.29, 1.82) is 0 Å². The Bertz CT molecular complexity index is 594. The molecule has 0 atom stereocenters. The lowest BCUT2D eigenvalue weighted by Crippen LogP contribution is -2.24. The fourth-order valence-electron chi connectivity index (χ4n) is 2.64. The van der Waals surface area contributed by atoms with Gasteiger partial charge in [0.25, 0.3) is 0 Å². The van der Waals surface area contributed by atoms with Gasteiger partial charge in [0, 0.05) is 41.6 Å². The predicted octanol–water partition coefficient (Wildman–Crippen LogP) is 4.88. The molecule has 1 aromatic carbocycles. The molecule has 2 rings (SSSR count). The van der Waals surface area contributed by atoms with Crippen molar-refractivity contribution in [3.8, 4) is 0 Å². The maximum atomic E-state index is 11.8. The number of rotatable bonds is 11. The third-order valence-electron chi connectivity index (χ3n) is 4.01. The van der Waals surface area contributed by atoms with Gasteiger partial charge in [-0.05, 0) is 18.1 Å². The number of carbonyl (C=O) groups is 1. The summed E-state index contributed by atoms with van der Waals surface area (Å²) in [5.74, 6) is 2.02. The zero-order chi connectivity index (χ0) is 16.3. The van der Waals surface area contributed by atoms with Gasteiger partial charge in [-0.2, -0.15) is 11.8 Å². The van der Waals surface area contributed by atoms with Gasteiger partial charge in [0.2, 0.25) is 5.91 Å². The number of nitrogens with one attached hydrogen (secondary N) is 2. The Hall–Kier alpha value is -1.42. The maximum Gasteiger partial charge on any atom is 0.220 e. The van der Waals surface area contributed by atoms with Gasteiger partial charge in [0.1, 0.15) is 0 Å². The molecule has 4 heteroatoms. The Morgan fingerprint density at radius 1 is 1.17 bits per heavy atom. The molecule has 1 amide bonds. The first-order valence-electron chi connectivity index (χ1n) is 8.70. The van der Waals surface area contributed by atoms with Crippen LogP contribution in [0.15, 0.2) is 30.5 Å². The average molecular weight is 333 g/mol. The highest BCUT2D eigenvalue weighted by atomic mass is 32.2. The molecule has 126 valence electrons. The second-order valence-electron chi connectivity index (χ2n) is 5.93. The van der Waals surface area contributed by atoms with E-state index in [-0.39, 0.29) is 5.91 Å². The van der Waals surface area contributed by atoms with Crippen LogP contribution in [0.4, 0.5) is 0 Å². The zero-order valence-electron chi connectivity index (χ0n) is 14.1. The molecule has 0 aliphatic heterocycles. The molecule has 0 aliphatic rings. The molecular weight excluding hydrogens is 304 g/mol. The number of amides is 1. The van der Waals surface area contributed by atoms with Gasteiger partial charge in [-0.1, -0.05) is 50.8 Å². The highest BCUT2D eigenvalue weighted by Crippen LogP contribution is 2.22. The number of thioether (sulfide) groups is 1. The number of H-pyrrole nitrogens is 1. The second kappa shape index (κ2) is 10.4. The van der Waals surface area contributed by atoms with Gasteiger partial charge in [0.15, 0.2) is 0 Å². The second-order valence-corrected chi connectivity index (χ2v) is 7.03. The summed E-state index contributed by atoms with van der Waals surface area (Å²) in [5, 5.41) is 4.31. The van der Waals surface area contributed by atoms with Gasteiger partial charge in [-0.15, -0.1) is 0 Å². The lowest BCUT2D eigenvalue weighted by atomic mass is 10.1. The van der Waals surface area contributed by atoms with E-state index in [1.54, 1.807) is 0 Å². The van der Waals surface area contributed by atoms with E-state index in [2.05, 4.69) is 41.6 Å². The Kier molecular flexibility index (Phi) is 8.08. The molecule has 3 nitrogen and oxygen atoms in total. The first-order chi connectivity index (χ1) is 11.3. The van der Waals surface area contributed by atoms with Crippen LogP contribution < -0.4 is 5.32 Å². The van der Waals surface area contributed by atoms with Crippen molar-refractivity contribution in [1.82, 2.24) is 10.3 Å². The van der Waals surface area contributed by atoms with E-state index >= 15 is 0 Å².